The van der Waals surface area contributed by atoms with Crippen LogP contribution in [0.15, 0.2) is 24.3 Å². The van der Waals surface area contributed by atoms with E-state index in [1.165, 1.54) is 11.3 Å². The van der Waals surface area contributed by atoms with E-state index < -0.39 is 5.97 Å². The third-order valence-electron chi connectivity index (χ3n) is 3.26. The molecule has 5 nitrogen and oxygen atoms in total. The molecule has 22 heavy (non-hydrogen) atoms. The number of fused-ring (bicyclic) bond motifs is 2. The van der Waals surface area contributed by atoms with E-state index in [1.54, 1.807) is 6.92 Å². The number of nitrogens with two attached hydrogens (primary N) is 1. The lowest BCUT2D eigenvalue weighted by atomic mass is 10.1. The molecule has 1 aromatic carbocycles. The van der Waals surface area contributed by atoms with Crippen molar-refractivity contribution in [2.75, 3.05) is 18.9 Å². The number of pyridine rings is 1. The first-order valence-electron chi connectivity index (χ1n) is 7.06. The third kappa shape index (κ3) is 2.46. The van der Waals surface area contributed by atoms with Gasteiger partial charge < -0.3 is 15.2 Å². The van der Waals surface area contributed by atoms with Crippen LogP contribution in [0.25, 0.3) is 21.1 Å². The van der Waals surface area contributed by atoms with E-state index in [4.69, 9.17) is 15.2 Å². The Kier molecular flexibility index (Phi) is 3.85. The Labute approximate surface area is 131 Å². The highest BCUT2D eigenvalue weighted by Crippen LogP contribution is 2.35. The smallest absolute Gasteiger partial charge is 0.350 e. The fourth-order valence-corrected chi connectivity index (χ4v) is 3.26. The molecule has 2 aromatic heterocycles. The number of aromatic nitrogens is 1. The summed E-state index contributed by atoms with van der Waals surface area (Å²) < 4.78 is 10.5. The molecule has 0 radical (unpaired) electrons. The summed E-state index contributed by atoms with van der Waals surface area (Å²) in [6.45, 7) is 4.63. The van der Waals surface area contributed by atoms with Crippen LogP contribution in [-0.4, -0.2) is 24.2 Å². The van der Waals surface area contributed by atoms with Gasteiger partial charge in [0.15, 0.2) is 0 Å². The number of carbonyl (C=O) groups excluding carboxylic acids is 1. The Morgan fingerprint density at radius 3 is 2.82 bits per heavy atom. The summed E-state index contributed by atoms with van der Waals surface area (Å²) in [5, 5.41) is 1.70. The molecule has 2 heterocycles. The van der Waals surface area contributed by atoms with Crippen LogP contribution in [0.1, 0.15) is 23.5 Å². The number of carbonyl (C=O) groups is 1. The number of rotatable bonds is 4. The second-order valence-electron chi connectivity index (χ2n) is 4.69. The van der Waals surface area contributed by atoms with Crippen molar-refractivity contribution in [1.29, 1.82) is 0 Å². The zero-order valence-corrected chi connectivity index (χ0v) is 13.2. The average molecular weight is 316 g/mol. The van der Waals surface area contributed by atoms with Crippen molar-refractivity contribution in [2.45, 2.75) is 13.8 Å². The molecule has 0 atom stereocenters. The van der Waals surface area contributed by atoms with Gasteiger partial charge in [-0.1, -0.05) is 0 Å². The summed E-state index contributed by atoms with van der Waals surface area (Å²) >= 11 is 1.26. The van der Waals surface area contributed by atoms with Crippen molar-refractivity contribution in [3.8, 4) is 5.75 Å². The van der Waals surface area contributed by atoms with E-state index in [1.807, 2.05) is 31.2 Å². The van der Waals surface area contributed by atoms with E-state index in [0.29, 0.717) is 23.8 Å². The lowest BCUT2D eigenvalue weighted by Gasteiger charge is -2.04. The Morgan fingerprint density at radius 2 is 2.09 bits per heavy atom. The summed E-state index contributed by atoms with van der Waals surface area (Å²) in [5.41, 5.74) is 7.36. The SMILES string of the molecule is CCOC(=O)c1sc2nc3ccc(OCC)cc3cc2c1N. The maximum Gasteiger partial charge on any atom is 0.350 e. The van der Waals surface area contributed by atoms with E-state index in [9.17, 15) is 4.79 Å². The fourth-order valence-electron chi connectivity index (χ4n) is 2.29. The van der Waals surface area contributed by atoms with E-state index in [2.05, 4.69) is 4.98 Å². The molecule has 0 saturated carbocycles. The monoisotopic (exact) mass is 316 g/mol. The van der Waals surface area contributed by atoms with Gasteiger partial charge in [0.1, 0.15) is 15.5 Å². The van der Waals surface area contributed by atoms with E-state index in [-0.39, 0.29) is 0 Å². The summed E-state index contributed by atoms with van der Waals surface area (Å²) in [4.78, 5) is 17.6. The van der Waals surface area contributed by atoms with Crippen molar-refractivity contribution >= 4 is 44.1 Å². The number of benzene rings is 1. The Morgan fingerprint density at radius 1 is 1.27 bits per heavy atom. The summed E-state index contributed by atoms with van der Waals surface area (Å²) in [6.07, 6.45) is 0. The molecule has 3 aromatic rings. The number of esters is 1. The number of nitrogen functional groups attached to an aromatic ring is 1. The maximum atomic E-state index is 11.9. The highest BCUT2D eigenvalue weighted by Gasteiger charge is 2.18. The predicted octanol–water partition coefficient (Wildman–Crippen LogP) is 3.61. The highest BCUT2D eigenvalue weighted by molar-refractivity contribution is 7.21. The standard InChI is InChI=1S/C16H16N2O3S/c1-3-20-10-5-6-12-9(7-10)8-11-13(17)14(16(19)21-4-2)22-15(11)18-12/h5-8H,3-4,17H2,1-2H3. The lowest BCUT2D eigenvalue weighted by Crippen LogP contribution is -2.04. The third-order valence-corrected chi connectivity index (χ3v) is 4.35. The van der Waals surface area contributed by atoms with Gasteiger partial charge in [0.25, 0.3) is 0 Å². The number of anilines is 1. The number of thiophene rings is 1. The maximum absolute atomic E-state index is 11.9. The Hall–Kier alpha value is -2.34. The normalized spacial score (nSPS) is 11.0. The van der Waals surface area contributed by atoms with Crippen LogP contribution in [0, 0.1) is 0 Å². The zero-order valence-electron chi connectivity index (χ0n) is 12.4. The molecule has 0 bridgehead atoms. The van der Waals surface area contributed by atoms with Gasteiger partial charge in [0.2, 0.25) is 0 Å². The molecule has 0 aliphatic rings. The number of hydrogen-bond acceptors (Lipinski definition) is 6. The number of hydrogen-bond donors (Lipinski definition) is 1. The number of ether oxygens (including phenoxy) is 2. The number of nitrogens with zero attached hydrogens (tertiary/aromatic N) is 1. The van der Waals surface area contributed by atoms with Crippen molar-refractivity contribution in [1.82, 2.24) is 4.98 Å². The zero-order chi connectivity index (χ0) is 15.7. The second-order valence-corrected chi connectivity index (χ2v) is 5.69. The van der Waals surface area contributed by atoms with Gasteiger partial charge in [-0.25, -0.2) is 9.78 Å². The Balaban J connectivity index is 2.16. The van der Waals surface area contributed by atoms with Crippen molar-refractivity contribution in [3.63, 3.8) is 0 Å². The molecule has 0 unspecified atom stereocenters. The van der Waals surface area contributed by atoms with Gasteiger partial charge in [-0.15, -0.1) is 11.3 Å². The van der Waals surface area contributed by atoms with E-state index >= 15 is 0 Å². The minimum Gasteiger partial charge on any atom is -0.494 e. The minimum absolute atomic E-state index is 0.319. The van der Waals surface area contributed by atoms with Gasteiger partial charge in [0, 0.05) is 10.8 Å². The first-order chi connectivity index (χ1) is 10.6. The Bertz CT molecular complexity index is 857. The summed E-state index contributed by atoms with van der Waals surface area (Å²) in [7, 11) is 0. The van der Waals surface area contributed by atoms with Crippen molar-refractivity contribution in [3.05, 3.63) is 29.1 Å². The molecular weight excluding hydrogens is 300 g/mol. The molecule has 114 valence electrons. The highest BCUT2D eigenvalue weighted by atomic mass is 32.1. The first kappa shape index (κ1) is 14.6. The summed E-state index contributed by atoms with van der Waals surface area (Å²) in [5.74, 6) is 0.387. The molecule has 0 aliphatic heterocycles. The van der Waals surface area contributed by atoms with Gasteiger partial charge in [0.05, 0.1) is 24.4 Å². The summed E-state index contributed by atoms with van der Waals surface area (Å²) in [6, 6.07) is 7.65. The molecule has 0 spiro atoms. The molecule has 0 amide bonds. The van der Waals surface area contributed by atoms with Crippen molar-refractivity contribution < 1.29 is 14.3 Å². The molecule has 0 fully saturated rings. The molecular formula is C16H16N2O3S. The molecule has 3 rings (SSSR count). The quantitative estimate of drug-likeness (QED) is 0.744. The molecule has 0 saturated heterocycles. The van der Waals surface area contributed by atoms with Crippen molar-refractivity contribution in [2.24, 2.45) is 0 Å². The lowest BCUT2D eigenvalue weighted by molar-refractivity contribution is 0.0533. The average Bonchev–Trinajstić information content (AvgIpc) is 2.82. The van der Waals surface area contributed by atoms with Crippen LogP contribution < -0.4 is 10.5 Å². The second kappa shape index (κ2) is 5.81. The van der Waals surface area contributed by atoms with Crippen LogP contribution in [0.4, 0.5) is 5.69 Å². The molecule has 6 heteroatoms. The molecule has 2 N–H and O–H groups in total. The predicted molar refractivity (Wildman–Crippen MR) is 88.7 cm³/mol. The van der Waals surface area contributed by atoms with Crippen LogP contribution in [0.3, 0.4) is 0 Å². The fraction of sp³-hybridized carbons (Fsp3) is 0.250. The van der Waals surface area contributed by atoms with Crippen LogP contribution in [0.5, 0.6) is 5.75 Å². The van der Waals surface area contributed by atoms with Gasteiger partial charge in [-0.2, -0.15) is 0 Å². The minimum atomic E-state index is -0.401. The van der Waals surface area contributed by atoms with Crippen LogP contribution >= 0.6 is 11.3 Å². The van der Waals surface area contributed by atoms with Crippen LogP contribution in [-0.2, 0) is 4.74 Å². The topological polar surface area (TPSA) is 74.4 Å². The van der Waals surface area contributed by atoms with Crippen LogP contribution in [0.2, 0.25) is 0 Å². The van der Waals surface area contributed by atoms with Gasteiger partial charge >= 0.3 is 5.97 Å². The largest absolute Gasteiger partial charge is 0.494 e. The van der Waals surface area contributed by atoms with E-state index in [0.717, 1.165) is 26.9 Å². The van der Waals surface area contributed by atoms with Gasteiger partial charge in [-0.3, -0.25) is 0 Å². The van der Waals surface area contributed by atoms with Gasteiger partial charge in [-0.05, 0) is 38.1 Å². The molecule has 0 aliphatic carbocycles. The first-order valence-corrected chi connectivity index (χ1v) is 7.88.